The zero-order valence-corrected chi connectivity index (χ0v) is 14.9. The lowest BCUT2D eigenvalue weighted by Gasteiger charge is -2.35. The Labute approximate surface area is 141 Å². The molecular formula is C21H32O2. The summed E-state index contributed by atoms with van der Waals surface area (Å²) in [6, 6.07) is 10.3. The van der Waals surface area contributed by atoms with Crippen LogP contribution in [0.5, 0.6) is 0 Å². The predicted octanol–water partition coefficient (Wildman–Crippen LogP) is 6.04. The molecule has 3 atom stereocenters. The fraction of sp³-hybridized carbons (Fsp3) is 0.619. The Morgan fingerprint density at radius 3 is 2.57 bits per heavy atom. The molecule has 0 aromatic heterocycles. The Morgan fingerprint density at radius 1 is 1.09 bits per heavy atom. The van der Waals surface area contributed by atoms with E-state index in [-0.39, 0.29) is 12.4 Å². The third kappa shape index (κ3) is 6.48. The number of benzene rings is 1. The van der Waals surface area contributed by atoms with E-state index in [4.69, 9.17) is 9.47 Å². The van der Waals surface area contributed by atoms with Crippen molar-refractivity contribution in [3.63, 3.8) is 0 Å². The van der Waals surface area contributed by atoms with Gasteiger partial charge in [0.2, 0.25) is 0 Å². The summed E-state index contributed by atoms with van der Waals surface area (Å²) in [6.07, 6.45) is 12.0. The monoisotopic (exact) mass is 316 g/mol. The van der Waals surface area contributed by atoms with Crippen LogP contribution in [-0.4, -0.2) is 12.2 Å². The zero-order valence-electron chi connectivity index (χ0n) is 14.9. The second-order valence-corrected chi connectivity index (χ2v) is 6.89. The van der Waals surface area contributed by atoms with E-state index in [2.05, 4.69) is 45.1 Å². The van der Waals surface area contributed by atoms with Gasteiger partial charge in [-0.25, -0.2) is 0 Å². The van der Waals surface area contributed by atoms with E-state index in [9.17, 15) is 0 Å². The fourth-order valence-corrected chi connectivity index (χ4v) is 2.96. The highest BCUT2D eigenvalue weighted by Crippen LogP contribution is 2.32. The van der Waals surface area contributed by atoms with Gasteiger partial charge in [-0.3, -0.25) is 0 Å². The third-order valence-corrected chi connectivity index (χ3v) is 4.27. The van der Waals surface area contributed by atoms with Gasteiger partial charge in [-0.15, -0.1) is 0 Å². The standard InChI is InChI=1S/C21H32O2/c1-4-5-6-10-13-19-16-20(15-14-17(2)3)23-21(22-19)18-11-8-7-9-12-18/h7-9,11-12,14-15,17,19-21H,4-6,10,13,16H2,1-3H3/b15-14-/t19-,20+,21-/m1/s1. The molecule has 0 unspecified atom stereocenters. The molecule has 0 spiro atoms. The number of ether oxygens (including phenoxy) is 2. The van der Waals surface area contributed by atoms with E-state index in [1.807, 2.05) is 18.2 Å². The Balaban J connectivity index is 1.98. The minimum Gasteiger partial charge on any atom is -0.345 e. The van der Waals surface area contributed by atoms with Crippen LogP contribution in [0.3, 0.4) is 0 Å². The molecule has 0 aliphatic carbocycles. The molecule has 0 radical (unpaired) electrons. The first-order valence-electron chi connectivity index (χ1n) is 9.23. The van der Waals surface area contributed by atoms with Gasteiger partial charge in [-0.1, -0.05) is 88.9 Å². The molecule has 1 heterocycles. The number of hydrogen-bond donors (Lipinski definition) is 0. The Hall–Kier alpha value is -1.12. The first-order valence-corrected chi connectivity index (χ1v) is 9.23. The van der Waals surface area contributed by atoms with Gasteiger partial charge < -0.3 is 9.47 Å². The van der Waals surface area contributed by atoms with Gasteiger partial charge >= 0.3 is 0 Å². The molecule has 0 bridgehead atoms. The van der Waals surface area contributed by atoms with Crippen LogP contribution < -0.4 is 0 Å². The molecular weight excluding hydrogens is 284 g/mol. The Morgan fingerprint density at radius 2 is 1.87 bits per heavy atom. The van der Waals surface area contributed by atoms with Crippen LogP contribution in [0, 0.1) is 5.92 Å². The van der Waals surface area contributed by atoms with E-state index in [1.54, 1.807) is 0 Å². The molecule has 0 N–H and O–H groups in total. The Kier molecular flexibility index (Phi) is 7.84. The van der Waals surface area contributed by atoms with Crippen molar-refractivity contribution in [2.75, 3.05) is 0 Å². The van der Waals surface area contributed by atoms with Crippen molar-refractivity contribution in [2.45, 2.75) is 77.8 Å². The highest BCUT2D eigenvalue weighted by molar-refractivity contribution is 5.16. The molecule has 1 aliphatic heterocycles. The molecule has 2 nitrogen and oxygen atoms in total. The highest BCUT2D eigenvalue weighted by atomic mass is 16.7. The van der Waals surface area contributed by atoms with Crippen molar-refractivity contribution in [1.29, 1.82) is 0 Å². The van der Waals surface area contributed by atoms with Gasteiger partial charge in [0.1, 0.15) is 0 Å². The molecule has 128 valence electrons. The van der Waals surface area contributed by atoms with Crippen molar-refractivity contribution in [3.8, 4) is 0 Å². The molecule has 1 saturated heterocycles. The van der Waals surface area contributed by atoms with Crippen LogP contribution in [0.15, 0.2) is 42.5 Å². The smallest absolute Gasteiger partial charge is 0.184 e. The molecule has 23 heavy (non-hydrogen) atoms. The third-order valence-electron chi connectivity index (χ3n) is 4.27. The van der Waals surface area contributed by atoms with Crippen LogP contribution in [0.1, 0.15) is 71.1 Å². The molecule has 1 fully saturated rings. The maximum absolute atomic E-state index is 6.23. The lowest BCUT2D eigenvalue weighted by molar-refractivity contribution is -0.238. The number of hydrogen-bond acceptors (Lipinski definition) is 2. The normalized spacial score (nSPS) is 25.3. The number of unbranched alkanes of at least 4 members (excludes halogenated alkanes) is 3. The minimum absolute atomic E-state index is 0.160. The van der Waals surface area contributed by atoms with Gasteiger partial charge in [0.15, 0.2) is 6.29 Å². The summed E-state index contributed by atoms with van der Waals surface area (Å²) in [7, 11) is 0. The van der Waals surface area contributed by atoms with Gasteiger partial charge in [0.05, 0.1) is 12.2 Å². The van der Waals surface area contributed by atoms with E-state index in [0.29, 0.717) is 12.0 Å². The summed E-state index contributed by atoms with van der Waals surface area (Å²) in [6.45, 7) is 6.66. The fourth-order valence-electron chi connectivity index (χ4n) is 2.96. The average molecular weight is 316 g/mol. The maximum Gasteiger partial charge on any atom is 0.184 e. The first-order chi connectivity index (χ1) is 11.2. The molecule has 2 rings (SSSR count). The first kappa shape index (κ1) is 18.2. The zero-order chi connectivity index (χ0) is 16.5. The molecule has 1 aromatic rings. The summed E-state index contributed by atoms with van der Waals surface area (Å²) >= 11 is 0. The summed E-state index contributed by atoms with van der Waals surface area (Å²) in [4.78, 5) is 0. The second-order valence-electron chi connectivity index (χ2n) is 6.89. The molecule has 1 aliphatic rings. The van der Waals surface area contributed by atoms with Gasteiger partial charge in [0, 0.05) is 12.0 Å². The summed E-state index contributed by atoms with van der Waals surface area (Å²) < 4.78 is 12.4. The van der Waals surface area contributed by atoms with Crippen molar-refractivity contribution in [2.24, 2.45) is 5.92 Å². The van der Waals surface area contributed by atoms with Gasteiger partial charge in [0.25, 0.3) is 0 Å². The Bertz CT molecular complexity index is 452. The maximum atomic E-state index is 6.23. The van der Waals surface area contributed by atoms with Gasteiger partial charge in [-0.05, 0) is 12.3 Å². The van der Waals surface area contributed by atoms with Gasteiger partial charge in [-0.2, -0.15) is 0 Å². The molecule has 0 amide bonds. The lowest BCUT2D eigenvalue weighted by atomic mass is 10.0. The molecule has 1 aromatic carbocycles. The van der Waals surface area contributed by atoms with E-state index >= 15 is 0 Å². The summed E-state index contributed by atoms with van der Waals surface area (Å²) in [5.41, 5.74) is 1.12. The quantitative estimate of drug-likeness (QED) is 0.430. The lowest BCUT2D eigenvalue weighted by Crippen LogP contribution is -2.32. The second kappa shape index (κ2) is 9.89. The summed E-state index contributed by atoms with van der Waals surface area (Å²) in [5, 5.41) is 0. The van der Waals surface area contributed by atoms with Crippen LogP contribution in [0.2, 0.25) is 0 Å². The number of allylic oxidation sites excluding steroid dienone is 1. The van der Waals surface area contributed by atoms with E-state index in [0.717, 1.165) is 18.4 Å². The predicted molar refractivity (Wildman–Crippen MR) is 96.3 cm³/mol. The van der Waals surface area contributed by atoms with Crippen LogP contribution in [-0.2, 0) is 9.47 Å². The summed E-state index contributed by atoms with van der Waals surface area (Å²) in [5.74, 6) is 0.555. The van der Waals surface area contributed by atoms with Crippen LogP contribution in [0.4, 0.5) is 0 Å². The van der Waals surface area contributed by atoms with Crippen molar-refractivity contribution < 1.29 is 9.47 Å². The molecule has 0 saturated carbocycles. The average Bonchev–Trinajstić information content (AvgIpc) is 2.57. The van der Waals surface area contributed by atoms with Crippen molar-refractivity contribution >= 4 is 0 Å². The van der Waals surface area contributed by atoms with E-state index < -0.39 is 0 Å². The largest absolute Gasteiger partial charge is 0.345 e. The SMILES string of the molecule is CCCCCC[C@@H]1C[C@H](/C=C\C(C)C)O[C@H](c2ccccc2)O1. The van der Waals surface area contributed by atoms with Crippen LogP contribution >= 0.6 is 0 Å². The number of rotatable bonds is 8. The van der Waals surface area contributed by atoms with Crippen molar-refractivity contribution in [1.82, 2.24) is 0 Å². The van der Waals surface area contributed by atoms with Crippen molar-refractivity contribution in [3.05, 3.63) is 48.0 Å². The van der Waals surface area contributed by atoms with Crippen LogP contribution in [0.25, 0.3) is 0 Å². The minimum atomic E-state index is -0.233. The highest BCUT2D eigenvalue weighted by Gasteiger charge is 2.29. The topological polar surface area (TPSA) is 18.5 Å². The van der Waals surface area contributed by atoms with E-state index in [1.165, 1.54) is 25.7 Å². The molecule has 2 heteroatoms.